The molecule has 2 heterocycles. The van der Waals surface area contributed by atoms with Crippen molar-refractivity contribution < 1.29 is 19.0 Å². The summed E-state index contributed by atoms with van der Waals surface area (Å²) in [4.78, 5) is 14.0. The summed E-state index contributed by atoms with van der Waals surface area (Å²) in [6, 6.07) is -0.452. The zero-order valence-electron chi connectivity index (χ0n) is 9.28. The number of urea groups is 1. The van der Waals surface area contributed by atoms with Gasteiger partial charge < -0.3 is 20.5 Å². The van der Waals surface area contributed by atoms with E-state index in [0.717, 1.165) is 16.0 Å². The van der Waals surface area contributed by atoms with Gasteiger partial charge in [0, 0.05) is 13.2 Å². The van der Waals surface area contributed by atoms with Crippen LogP contribution in [0.3, 0.4) is 0 Å². The number of carbonyl (C=O) groups is 1. The molecule has 94 valence electrons. The van der Waals surface area contributed by atoms with Crippen molar-refractivity contribution in [2.45, 2.75) is 18.5 Å². The van der Waals surface area contributed by atoms with Crippen molar-refractivity contribution in [3.63, 3.8) is 0 Å². The molecule has 0 aromatic rings. The van der Waals surface area contributed by atoms with Crippen molar-refractivity contribution in [3.8, 4) is 0 Å². The third-order valence-corrected chi connectivity index (χ3v) is 2.74. The second-order valence-electron chi connectivity index (χ2n) is 3.89. The van der Waals surface area contributed by atoms with Gasteiger partial charge in [-0.15, -0.1) is 0 Å². The van der Waals surface area contributed by atoms with Crippen LogP contribution in [0.5, 0.6) is 0 Å². The van der Waals surface area contributed by atoms with Crippen LogP contribution in [0, 0.1) is 0 Å². The number of ether oxygens (including phenoxy) is 1. The number of hydrogen-bond donors (Lipinski definition) is 2. The van der Waals surface area contributed by atoms with Crippen molar-refractivity contribution >= 4 is 6.03 Å². The molecule has 2 amide bonds. The Morgan fingerprint density at radius 2 is 2.29 bits per heavy atom. The van der Waals surface area contributed by atoms with Gasteiger partial charge in [0.2, 0.25) is 0 Å². The topological polar surface area (TPSA) is 79.0 Å². The number of nitrogens with two attached hydrogens (primary N) is 1. The van der Waals surface area contributed by atoms with Crippen molar-refractivity contribution in [2.75, 3.05) is 13.7 Å². The quantitative estimate of drug-likeness (QED) is 0.654. The average Bonchev–Trinajstić information content (AvgIpc) is 2.79. The molecule has 3 N–H and O–H groups in total. The number of amides is 2. The first-order chi connectivity index (χ1) is 8.04. The molecule has 0 aliphatic carbocycles. The zero-order valence-corrected chi connectivity index (χ0v) is 9.28. The van der Waals surface area contributed by atoms with E-state index in [4.69, 9.17) is 15.6 Å². The van der Waals surface area contributed by atoms with E-state index in [-0.39, 0.29) is 6.61 Å². The summed E-state index contributed by atoms with van der Waals surface area (Å²) < 4.78 is 18.8. The highest BCUT2D eigenvalue weighted by molar-refractivity contribution is 5.77. The highest BCUT2D eigenvalue weighted by Gasteiger charge is 2.36. The van der Waals surface area contributed by atoms with Gasteiger partial charge in [-0.05, 0) is 6.08 Å². The smallest absolute Gasteiger partial charge is 0.327 e. The molecule has 2 rings (SSSR count). The van der Waals surface area contributed by atoms with E-state index in [9.17, 15) is 9.18 Å². The van der Waals surface area contributed by atoms with Gasteiger partial charge in [0.25, 0.3) is 0 Å². The Hall–Kier alpha value is -1.44. The third-order valence-electron chi connectivity index (χ3n) is 2.74. The molecule has 0 aromatic heterocycles. The molecular formula is C10H14FN3O3. The minimum atomic E-state index is -1.06. The zero-order chi connectivity index (χ0) is 12.6. The van der Waals surface area contributed by atoms with Crippen LogP contribution < -0.4 is 5.73 Å². The van der Waals surface area contributed by atoms with Crippen LogP contribution in [0.4, 0.5) is 9.18 Å². The van der Waals surface area contributed by atoms with E-state index in [1.807, 2.05) is 0 Å². The molecule has 6 nitrogen and oxygen atoms in total. The van der Waals surface area contributed by atoms with Crippen LogP contribution in [0.2, 0.25) is 0 Å². The second-order valence-corrected chi connectivity index (χ2v) is 3.89. The predicted molar refractivity (Wildman–Crippen MR) is 57.1 cm³/mol. The van der Waals surface area contributed by atoms with Crippen LogP contribution in [0.15, 0.2) is 24.2 Å². The van der Waals surface area contributed by atoms with Crippen molar-refractivity contribution in [1.82, 2.24) is 9.80 Å². The molecule has 0 saturated heterocycles. The summed E-state index contributed by atoms with van der Waals surface area (Å²) in [5.41, 5.74) is 5.46. The molecule has 1 unspecified atom stereocenters. The molecule has 7 heteroatoms. The lowest BCUT2D eigenvalue weighted by Gasteiger charge is -2.36. The van der Waals surface area contributed by atoms with Crippen molar-refractivity contribution in [3.05, 3.63) is 24.2 Å². The summed E-state index contributed by atoms with van der Waals surface area (Å²) in [5.74, 6) is -0.614. The lowest BCUT2D eigenvalue weighted by Crippen LogP contribution is -2.54. The molecule has 0 saturated carbocycles. The lowest BCUT2D eigenvalue weighted by atomic mass is 10.3. The number of aliphatic hydroxyl groups is 1. The van der Waals surface area contributed by atoms with E-state index in [2.05, 4.69) is 0 Å². The Labute approximate surface area is 97.7 Å². The Morgan fingerprint density at radius 1 is 1.59 bits per heavy atom. The van der Waals surface area contributed by atoms with E-state index < -0.39 is 30.4 Å². The maximum atomic E-state index is 13.5. The highest BCUT2D eigenvalue weighted by atomic mass is 19.1. The van der Waals surface area contributed by atoms with Crippen LogP contribution in [0.25, 0.3) is 0 Å². The molecule has 0 fully saturated rings. The minimum absolute atomic E-state index is 0.184. The molecule has 3 atom stereocenters. The summed E-state index contributed by atoms with van der Waals surface area (Å²) in [7, 11) is 1.41. The Bertz CT molecular complexity index is 385. The van der Waals surface area contributed by atoms with Crippen LogP contribution in [0.1, 0.15) is 0 Å². The summed E-state index contributed by atoms with van der Waals surface area (Å²) in [6.45, 7) is -0.184. The number of halogens is 1. The SMILES string of the molecule is CN1C(=O)N([C@@H]2C=C[C@H](CO)O2)C=C(F)C1N. The van der Waals surface area contributed by atoms with Gasteiger partial charge in [-0.3, -0.25) is 4.90 Å². The Balaban J connectivity index is 2.17. The van der Waals surface area contributed by atoms with E-state index in [0.29, 0.717) is 0 Å². The Kier molecular flexibility index (Phi) is 3.14. The standard InChI is InChI=1S/C10H14FN3O3/c1-13-9(12)7(11)4-14(10(13)16)8-3-2-6(5-15)17-8/h2-4,6,8-9,15H,5,12H2,1H3/t6-,8+,9?/m1/s1. The van der Waals surface area contributed by atoms with Crippen molar-refractivity contribution in [1.29, 1.82) is 0 Å². The molecule has 0 aromatic carbocycles. The number of nitrogens with zero attached hydrogens (tertiary/aromatic N) is 2. The van der Waals surface area contributed by atoms with E-state index >= 15 is 0 Å². The maximum absolute atomic E-state index is 13.5. The number of carbonyl (C=O) groups excluding carboxylic acids is 1. The van der Waals surface area contributed by atoms with Gasteiger partial charge in [-0.2, -0.15) is 0 Å². The van der Waals surface area contributed by atoms with E-state index in [1.54, 1.807) is 12.2 Å². The molecule has 0 spiro atoms. The van der Waals surface area contributed by atoms with Gasteiger partial charge >= 0.3 is 6.03 Å². The summed E-state index contributed by atoms with van der Waals surface area (Å²) >= 11 is 0. The molecule has 17 heavy (non-hydrogen) atoms. The minimum Gasteiger partial charge on any atom is -0.393 e. The fraction of sp³-hybridized carbons (Fsp3) is 0.500. The first-order valence-electron chi connectivity index (χ1n) is 5.17. The average molecular weight is 243 g/mol. The lowest BCUT2D eigenvalue weighted by molar-refractivity contribution is -0.0312. The fourth-order valence-corrected chi connectivity index (χ4v) is 1.68. The van der Waals surface area contributed by atoms with Crippen LogP contribution in [-0.4, -0.2) is 53.1 Å². The number of rotatable bonds is 2. The maximum Gasteiger partial charge on any atom is 0.327 e. The molecule has 2 aliphatic rings. The van der Waals surface area contributed by atoms with Crippen LogP contribution >= 0.6 is 0 Å². The second kappa shape index (κ2) is 4.44. The normalized spacial score (nSPS) is 33.3. The van der Waals surface area contributed by atoms with Gasteiger partial charge in [-0.1, -0.05) is 6.08 Å². The molecule has 2 aliphatic heterocycles. The molecule has 0 radical (unpaired) electrons. The molecule has 0 bridgehead atoms. The van der Waals surface area contributed by atoms with Crippen LogP contribution in [-0.2, 0) is 4.74 Å². The Morgan fingerprint density at radius 3 is 2.88 bits per heavy atom. The summed E-state index contributed by atoms with van der Waals surface area (Å²) in [5, 5.41) is 8.89. The number of aliphatic hydroxyl groups excluding tert-OH is 1. The number of likely N-dealkylation sites (N-methyl/N-ethyl adjacent to an activating group) is 1. The fourth-order valence-electron chi connectivity index (χ4n) is 1.68. The highest BCUT2D eigenvalue weighted by Crippen LogP contribution is 2.23. The van der Waals surface area contributed by atoms with Gasteiger partial charge in [0.05, 0.1) is 6.61 Å². The largest absolute Gasteiger partial charge is 0.393 e. The van der Waals surface area contributed by atoms with E-state index in [1.165, 1.54) is 7.05 Å². The predicted octanol–water partition coefficient (Wildman–Crippen LogP) is -0.277. The monoisotopic (exact) mass is 243 g/mol. The van der Waals surface area contributed by atoms with Gasteiger partial charge in [-0.25, -0.2) is 9.18 Å². The first kappa shape index (κ1) is 12.0. The van der Waals surface area contributed by atoms with Crippen molar-refractivity contribution in [2.24, 2.45) is 5.73 Å². The summed E-state index contributed by atoms with van der Waals surface area (Å²) in [6.07, 6.45) is 2.01. The van der Waals surface area contributed by atoms with Gasteiger partial charge in [0.1, 0.15) is 12.3 Å². The third kappa shape index (κ3) is 2.04. The number of hydrogen-bond acceptors (Lipinski definition) is 4. The first-order valence-corrected chi connectivity index (χ1v) is 5.17. The van der Waals surface area contributed by atoms with Gasteiger partial charge in [0.15, 0.2) is 12.1 Å². The molecular weight excluding hydrogens is 229 g/mol.